The third-order valence-corrected chi connectivity index (χ3v) is 4.04. The maximum atomic E-state index is 12.3. The molecule has 134 valence electrons. The summed E-state index contributed by atoms with van der Waals surface area (Å²) in [7, 11) is 1.54. The van der Waals surface area contributed by atoms with E-state index < -0.39 is 0 Å². The number of carbonyl (C=O) groups is 1. The Balaban J connectivity index is 1.80. The third-order valence-electron chi connectivity index (χ3n) is 4.04. The molecule has 0 aliphatic carbocycles. The van der Waals surface area contributed by atoms with Crippen LogP contribution in [-0.4, -0.2) is 24.2 Å². The van der Waals surface area contributed by atoms with Crippen molar-refractivity contribution in [2.24, 2.45) is 0 Å². The van der Waals surface area contributed by atoms with Crippen molar-refractivity contribution in [3.8, 4) is 11.5 Å². The second-order valence-corrected chi connectivity index (χ2v) is 5.65. The summed E-state index contributed by atoms with van der Waals surface area (Å²) in [5, 5.41) is 3.54. The van der Waals surface area contributed by atoms with Gasteiger partial charge in [0.15, 0.2) is 6.61 Å². The molecule has 0 aliphatic rings. The van der Waals surface area contributed by atoms with Gasteiger partial charge < -0.3 is 19.4 Å². The molecule has 2 aromatic carbocycles. The number of aryl methyl sites for hydroxylation is 1. The first-order valence-electron chi connectivity index (χ1n) is 8.32. The minimum Gasteiger partial charge on any atom is -0.495 e. The van der Waals surface area contributed by atoms with Crippen LogP contribution in [0.3, 0.4) is 0 Å². The Morgan fingerprint density at radius 3 is 2.58 bits per heavy atom. The summed E-state index contributed by atoms with van der Waals surface area (Å²) in [4.78, 5) is 24.5. The van der Waals surface area contributed by atoms with E-state index in [2.05, 4.69) is 5.32 Å². The molecule has 6 heteroatoms. The minimum absolute atomic E-state index is 0.161. The van der Waals surface area contributed by atoms with Crippen LogP contribution in [0, 0.1) is 0 Å². The van der Waals surface area contributed by atoms with Gasteiger partial charge in [0, 0.05) is 18.0 Å². The highest BCUT2D eigenvalue weighted by atomic mass is 16.5. The molecular formula is C20H20N2O4. The molecular weight excluding hydrogens is 332 g/mol. The predicted octanol–water partition coefficient (Wildman–Crippen LogP) is 3.05. The maximum Gasteiger partial charge on any atom is 0.262 e. The van der Waals surface area contributed by atoms with Gasteiger partial charge in [-0.25, -0.2) is 0 Å². The van der Waals surface area contributed by atoms with E-state index in [1.807, 2.05) is 37.3 Å². The predicted molar refractivity (Wildman–Crippen MR) is 101 cm³/mol. The SMILES string of the molecule is CCn1c(=O)cc(OCC(=O)Nc2ccccc2OC)c2ccccc21. The molecule has 0 unspecified atom stereocenters. The zero-order valence-electron chi connectivity index (χ0n) is 14.7. The molecule has 1 heterocycles. The quantitative estimate of drug-likeness (QED) is 0.740. The van der Waals surface area contributed by atoms with Crippen LogP contribution in [0.4, 0.5) is 5.69 Å². The molecule has 3 aromatic rings. The first-order chi connectivity index (χ1) is 12.6. The average Bonchev–Trinajstić information content (AvgIpc) is 2.66. The number of ether oxygens (including phenoxy) is 2. The number of para-hydroxylation sites is 3. The number of hydrogen-bond donors (Lipinski definition) is 1. The lowest BCUT2D eigenvalue weighted by Gasteiger charge is -2.13. The Labute approximate surface area is 151 Å². The fourth-order valence-electron chi connectivity index (χ4n) is 2.83. The van der Waals surface area contributed by atoms with Gasteiger partial charge >= 0.3 is 0 Å². The van der Waals surface area contributed by atoms with Crippen molar-refractivity contribution in [3.63, 3.8) is 0 Å². The number of carbonyl (C=O) groups excluding carboxylic acids is 1. The molecule has 6 nitrogen and oxygen atoms in total. The van der Waals surface area contributed by atoms with Crippen molar-refractivity contribution in [1.82, 2.24) is 4.57 Å². The van der Waals surface area contributed by atoms with E-state index in [1.165, 1.54) is 13.2 Å². The highest BCUT2D eigenvalue weighted by Crippen LogP contribution is 2.25. The molecule has 0 saturated carbocycles. The third kappa shape index (κ3) is 3.54. The lowest BCUT2D eigenvalue weighted by molar-refractivity contribution is -0.118. The maximum absolute atomic E-state index is 12.3. The molecule has 0 atom stereocenters. The molecule has 0 fully saturated rings. The average molecular weight is 352 g/mol. The van der Waals surface area contributed by atoms with E-state index in [4.69, 9.17) is 9.47 Å². The normalized spacial score (nSPS) is 10.5. The molecule has 1 amide bonds. The number of rotatable bonds is 6. The summed E-state index contributed by atoms with van der Waals surface area (Å²) in [5.74, 6) is 0.626. The minimum atomic E-state index is -0.335. The second-order valence-electron chi connectivity index (χ2n) is 5.65. The van der Waals surface area contributed by atoms with E-state index >= 15 is 0 Å². The van der Waals surface area contributed by atoms with Gasteiger partial charge in [0.05, 0.1) is 18.3 Å². The fourth-order valence-corrected chi connectivity index (χ4v) is 2.83. The van der Waals surface area contributed by atoms with Gasteiger partial charge in [-0.2, -0.15) is 0 Å². The summed E-state index contributed by atoms with van der Waals surface area (Å²) in [6, 6.07) is 16.0. The standard InChI is InChI=1S/C20H20N2O4/c1-3-22-16-10-6-4-8-14(16)18(12-20(22)24)26-13-19(23)21-15-9-5-7-11-17(15)25-2/h4-12H,3,13H2,1-2H3,(H,21,23). The Bertz CT molecular complexity index is 995. The van der Waals surface area contributed by atoms with Crippen LogP contribution < -0.4 is 20.3 Å². The lowest BCUT2D eigenvalue weighted by Crippen LogP contribution is -2.23. The summed E-state index contributed by atoms with van der Waals surface area (Å²) in [5.41, 5.74) is 1.18. The number of nitrogens with zero attached hydrogens (tertiary/aromatic N) is 1. The molecule has 0 bridgehead atoms. The van der Waals surface area contributed by atoms with E-state index in [0.717, 1.165) is 10.9 Å². The van der Waals surface area contributed by atoms with E-state index in [-0.39, 0.29) is 18.1 Å². The number of benzene rings is 2. The molecule has 0 radical (unpaired) electrons. The van der Waals surface area contributed by atoms with Gasteiger partial charge in [-0.3, -0.25) is 9.59 Å². The molecule has 0 spiro atoms. The number of anilines is 1. The first kappa shape index (κ1) is 17.5. The molecule has 0 aliphatic heterocycles. The van der Waals surface area contributed by atoms with E-state index in [9.17, 15) is 9.59 Å². The van der Waals surface area contributed by atoms with Gasteiger partial charge in [-0.15, -0.1) is 0 Å². The van der Waals surface area contributed by atoms with Crippen LogP contribution in [0.2, 0.25) is 0 Å². The van der Waals surface area contributed by atoms with Gasteiger partial charge in [0.25, 0.3) is 11.5 Å². The fraction of sp³-hybridized carbons (Fsp3) is 0.200. The monoisotopic (exact) mass is 352 g/mol. The van der Waals surface area contributed by atoms with Crippen molar-refractivity contribution in [2.45, 2.75) is 13.5 Å². The molecule has 26 heavy (non-hydrogen) atoms. The number of hydrogen-bond acceptors (Lipinski definition) is 4. The van der Waals surface area contributed by atoms with Crippen molar-refractivity contribution >= 4 is 22.5 Å². The number of aromatic nitrogens is 1. The van der Waals surface area contributed by atoms with Crippen LogP contribution in [0.5, 0.6) is 11.5 Å². The number of amides is 1. The summed E-state index contributed by atoms with van der Waals surface area (Å²) >= 11 is 0. The summed E-state index contributed by atoms with van der Waals surface area (Å²) in [6.07, 6.45) is 0. The van der Waals surface area contributed by atoms with Gasteiger partial charge in [0.1, 0.15) is 11.5 Å². The first-order valence-corrected chi connectivity index (χ1v) is 8.32. The topological polar surface area (TPSA) is 69.6 Å². The Hall–Kier alpha value is -3.28. The van der Waals surface area contributed by atoms with Gasteiger partial charge in [0.2, 0.25) is 0 Å². The van der Waals surface area contributed by atoms with Crippen LogP contribution in [0.1, 0.15) is 6.92 Å². The van der Waals surface area contributed by atoms with Crippen LogP contribution >= 0.6 is 0 Å². The highest BCUT2D eigenvalue weighted by Gasteiger charge is 2.12. The van der Waals surface area contributed by atoms with Crippen molar-refractivity contribution in [1.29, 1.82) is 0 Å². The number of methoxy groups -OCH3 is 1. The highest BCUT2D eigenvalue weighted by molar-refractivity contribution is 5.93. The van der Waals surface area contributed by atoms with Gasteiger partial charge in [-0.05, 0) is 31.2 Å². The van der Waals surface area contributed by atoms with E-state index in [0.29, 0.717) is 23.7 Å². The zero-order chi connectivity index (χ0) is 18.5. The summed E-state index contributed by atoms with van der Waals surface area (Å²) in [6.45, 7) is 2.26. The molecule has 0 saturated heterocycles. The van der Waals surface area contributed by atoms with Crippen LogP contribution in [0.15, 0.2) is 59.4 Å². The van der Waals surface area contributed by atoms with E-state index in [1.54, 1.807) is 22.8 Å². The van der Waals surface area contributed by atoms with Crippen LogP contribution in [0.25, 0.3) is 10.9 Å². The second kappa shape index (κ2) is 7.74. The Morgan fingerprint density at radius 2 is 1.81 bits per heavy atom. The summed E-state index contributed by atoms with van der Waals surface area (Å²) < 4.78 is 12.5. The largest absolute Gasteiger partial charge is 0.495 e. The zero-order valence-corrected chi connectivity index (χ0v) is 14.7. The molecule has 1 aromatic heterocycles. The Morgan fingerprint density at radius 1 is 1.08 bits per heavy atom. The van der Waals surface area contributed by atoms with Crippen molar-refractivity contribution < 1.29 is 14.3 Å². The number of fused-ring (bicyclic) bond motifs is 1. The molecule has 3 rings (SSSR count). The van der Waals surface area contributed by atoms with Crippen molar-refractivity contribution in [3.05, 3.63) is 65.0 Å². The van der Waals surface area contributed by atoms with Gasteiger partial charge in [-0.1, -0.05) is 24.3 Å². The Kier molecular flexibility index (Phi) is 5.22. The molecule has 1 N–H and O–H groups in total. The smallest absolute Gasteiger partial charge is 0.262 e. The number of nitrogens with one attached hydrogen (secondary N) is 1. The van der Waals surface area contributed by atoms with Crippen LogP contribution in [-0.2, 0) is 11.3 Å². The number of pyridine rings is 1. The lowest BCUT2D eigenvalue weighted by atomic mass is 10.2. The van der Waals surface area contributed by atoms with Crippen molar-refractivity contribution in [2.75, 3.05) is 19.0 Å².